The maximum Gasteiger partial charge on any atom is 0.416 e. The molecule has 1 aromatic carbocycles. The molecule has 23 heavy (non-hydrogen) atoms. The first-order chi connectivity index (χ1) is 11.0. The predicted octanol–water partition coefficient (Wildman–Crippen LogP) is 5.25. The largest absolute Gasteiger partial charge is 0.436 e. The van der Waals surface area contributed by atoms with Crippen molar-refractivity contribution in [2.75, 3.05) is 0 Å². The van der Waals surface area contributed by atoms with Gasteiger partial charge in [0.15, 0.2) is 5.58 Å². The van der Waals surface area contributed by atoms with Gasteiger partial charge in [0.25, 0.3) is 0 Å². The average molecular weight is 320 g/mol. The van der Waals surface area contributed by atoms with E-state index in [-0.39, 0.29) is 5.52 Å². The normalized spacial score (nSPS) is 12.0. The third kappa shape index (κ3) is 3.21. The minimum absolute atomic E-state index is 0.202. The number of alkyl halides is 3. The summed E-state index contributed by atoms with van der Waals surface area (Å²) >= 11 is 0. The zero-order valence-electron chi connectivity index (χ0n) is 12.5. The van der Waals surface area contributed by atoms with Gasteiger partial charge in [0.05, 0.1) is 5.56 Å². The van der Waals surface area contributed by atoms with Gasteiger partial charge in [0.2, 0.25) is 5.89 Å². The molecule has 3 rings (SSSR count). The fourth-order valence-corrected chi connectivity index (χ4v) is 2.42. The molecular formula is C17H15F3N2O. The summed E-state index contributed by atoms with van der Waals surface area (Å²) in [6, 6.07) is 5.10. The van der Waals surface area contributed by atoms with E-state index < -0.39 is 11.7 Å². The van der Waals surface area contributed by atoms with Gasteiger partial charge in [0, 0.05) is 18.0 Å². The van der Waals surface area contributed by atoms with Crippen LogP contribution in [0.5, 0.6) is 0 Å². The van der Waals surface area contributed by atoms with Crippen molar-refractivity contribution in [3.05, 3.63) is 47.8 Å². The highest BCUT2D eigenvalue weighted by molar-refractivity contribution is 5.77. The standard InChI is InChI=1S/C17H15F3N2O/c1-2-3-4-11-10-21-8-7-13(11)16-22-14-9-12(17(18,19)20)5-6-15(14)23-16/h5-10H,2-4H2,1H3. The maximum absolute atomic E-state index is 12.8. The van der Waals surface area contributed by atoms with Crippen LogP contribution in [0.1, 0.15) is 30.9 Å². The van der Waals surface area contributed by atoms with E-state index in [9.17, 15) is 13.2 Å². The molecule has 0 saturated heterocycles. The number of pyridine rings is 1. The summed E-state index contributed by atoms with van der Waals surface area (Å²) in [5, 5.41) is 0. The summed E-state index contributed by atoms with van der Waals surface area (Å²) < 4.78 is 44.0. The molecule has 0 atom stereocenters. The third-order valence-electron chi connectivity index (χ3n) is 3.65. The van der Waals surface area contributed by atoms with Gasteiger partial charge in [-0.05, 0) is 42.7 Å². The Morgan fingerprint density at radius 1 is 1.17 bits per heavy atom. The molecule has 120 valence electrons. The smallest absolute Gasteiger partial charge is 0.416 e. The van der Waals surface area contributed by atoms with E-state index in [0.29, 0.717) is 11.5 Å². The average Bonchev–Trinajstić information content (AvgIpc) is 2.95. The van der Waals surface area contributed by atoms with Gasteiger partial charge in [-0.2, -0.15) is 13.2 Å². The van der Waals surface area contributed by atoms with Gasteiger partial charge in [-0.1, -0.05) is 13.3 Å². The number of benzene rings is 1. The Bertz CT molecular complexity index is 824. The molecule has 6 heteroatoms. The summed E-state index contributed by atoms with van der Waals surface area (Å²) in [4.78, 5) is 8.34. The quantitative estimate of drug-likeness (QED) is 0.659. The zero-order valence-corrected chi connectivity index (χ0v) is 12.5. The van der Waals surface area contributed by atoms with Crippen LogP contribution >= 0.6 is 0 Å². The van der Waals surface area contributed by atoms with E-state index >= 15 is 0 Å². The van der Waals surface area contributed by atoms with Crippen molar-refractivity contribution < 1.29 is 17.6 Å². The molecule has 2 aromatic heterocycles. The van der Waals surface area contributed by atoms with E-state index in [1.165, 1.54) is 6.07 Å². The van der Waals surface area contributed by atoms with Crippen molar-refractivity contribution in [2.45, 2.75) is 32.4 Å². The minimum Gasteiger partial charge on any atom is -0.436 e. The van der Waals surface area contributed by atoms with E-state index in [0.717, 1.165) is 42.5 Å². The van der Waals surface area contributed by atoms with E-state index in [1.54, 1.807) is 18.5 Å². The lowest BCUT2D eigenvalue weighted by Crippen LogP contribution is -2.03. The molecule has 0 saturated carbocycles. The van der Waals surface area contributed by atoms with Gasteiger partial charge in [-0.25, -0.2) is 4.98 Å². The van der Waals surface area contributed by atoms with Crippen LogP contribution in [0.3, 0.4) is 0 Å². The van der Waals surface area contributed by atoms with Gasteiger partial charge in [-0.15, -0.1) is 0 Å². The maximum atomic E-state index is 12.8. The van der Waals surface area contributed by atoms with Crippen molar-refractivity contribution in [3.8, 4) is 11.5 Å². The lowest BCUT2D eigenvalue weighted by molar-refractivity contribution is -0.137. The molecule has 3 nitrogen and oxygen atoms in total. The van der Waals surface area contributed by atoms with Crippen LogP contribution in [0.2, 0.25) is 0 Å². The molecule has 0 fully saturated rings. The summed E-state index contributed by atoms with van der Waals surface area (Å²) in [6.45, 7) is 2.09. The molecule has 0 aliphatic rings. The second kappa shape index (κ2) is 6.02. The molecule has 3 aromatic rings. The third-order valence-corrected chi connectivity index (χ3v) is 3.65. The van der Waals surface area contributed by atoms with Crippen molar-refractivity contribution in [1.82, 2.24) is 9.97 Å². The van der Waals surface area contributed by atoms with Crippen LogP contribution in [0.15, 0.2) is 41.1 Å². The number of halogens is 3. The topological polar surface area (TPSA) is 38.9 Å². The number of hydrogen-bond donors (Lipinski definition) is 0. The summed E-state index contributed by atoms with van der Waals surface area (Å²) in [5.41, 5.74) is 1.57. The lowest BCUT2D eigenvalue weighted by atomic mass is 10.0. The fraction of sp³-hybridized carbons (Fsp3) is 0.294. The van der Waals surface area contributed by atoms with Gasteiger partial charge >= 0.3 is 6.18 Å². The highest BCUT2D eigenvalue weighted by Crippen LogP contribution is 2.33. The lowest BCUT2D eigenvalue weighted by Gasteiger charge is -2.04. The van der Waals surface area contributed by atoms with Gasteiger partial charge in [0.1, 0.15) is 5.52 Å². The van der Waals surface area contributed by atoms with Crippen LogP contribution in [-0.4, -0.2) is 9.97 Å². The Hall–Kier alpha value is -2.37. The number of fused-ring (bicyclic) bond motifs is 1. The Labute approximate surface area is 131 Å². The first-order valence-electron chi connectivity index (χ1n) is 7.40. The van der Waals surface area contributed by atoms with Crippen molar-refractivity contribution in [3.63, 3.8) is 0 Å². The SMILES string of the molecule is CCCCc1cnccc1-c1nc2cc(C(F)(F)F)ccc2o1. The zero-order chi connectivity index (χ0) is 16.4. The highest BCUT2D eigenvalue weighted by Gasteiger charge is 2.31. The molecule has 0 radical (unpaired) electrons. The van der Waals surface area contributed by atoms with Crippen LogP contribution < -0.4 is 0 Å². The van der Waals surface area contributed by atoms with Crippen molar-refractivity contribution >= 4 is 11.1 Å². The molecule has 0 unspecified atom stereocenters. The number of unbranched alkanes of at least 4 members (excludes halogenated alkanes) is 1. The van der Waals surface area contributed by atoms with E-state index in [4.69, 9.17) is 4.42 Å². The van der Waals surface area contributed by atoms with Crippen LogP contribution in [0, 0.1) is 0 Å². The molecule has 0 aliphatic carbocycles. The molecule has 0 bridgehead atoms. The minimum atomic E-state index is -4.39. The summed E-state index contributed by atoms with van der Waals surface area (Å²) in [5.74, 6) is 0.327. The highest BCUT2D eigenvalue weighted by atomic mass is 19.4. The molecule has 0 N–H and O–H groups in total. The Morgan fingerprint density at radius 2 is 2.00 bits per heavy atom. The number of aryl methyl sites for hydroxylation is 1. The molecule has 0 spiro atoms. The number of rotatable bonds is 4. The predicted molar refractivity (Wildman–Crippen MR) is 80.9 cm³/mol. The van der Waals surface area contributed by atoms with Gasteiger partial charge in [-0.3, -0.25) is 4.98 Å². The molecule has 0 amide bonds. The number of nitrogens with zero attached hydrogens (tertiary/aromatic N) is 2. The summed E-state index contributed by atoms with van der Waals surface area (Å²) in [7, 11) is 0. The van der Waals surface area contributed by atoms with Crippen molar-refractivity contribution in [1.29, 1.82) is 0 Å². The van der Waals surface area contributed by atoms with Crippen molar-refractivity contribution in [2.24, 2.45) is 0 Å². The fourth-order valence-electron chi connectivity index (χ4n) is 2.42. The molecular weight excluding hydrogens is 305 g/mol. The first-order valence-corrected chi connectivity index (χ1v) is 7.40. The monoisotopic (exact) mass is 320 g/mol. The number of hydrogen-bond acceptors (Lipinski definition) is 3. The Balaban J connectivity index is 2.04. The Kier molecular flexibility index (Phi) is 4.07. The number of oxazole rings is 1. The van der Waals surface area contributed by atoms with Crippen LogP contribution in [0.25, 0.3) is 22.6 Å². The first kappa shape index (κ1) is 15.5. The number of aromatic nitrogens is 2. The second-order valence-corrected chi connectivity index (χ2v) is 5.34. The molecule has 0 aliphatic heterocycles. The summed E-state index contributed by atoms with van der Waals surface area (Å²) in [6.07, 6.45) is 1.85. The van der Waals surface area contributed by atoms with Crippen LogP contribution in [-0.2, 0) is 12.6 Å². The van der Waals surface area contributed by atoms with Crippen LogP contribution in [0.4, 0.5) is 13.2 Å². The second-order valence-electron chi connectivity index (χ2n) is 5.34. The molecule has 2 heterocycles. The Morgan fingerprint density at radius 3 is 2.74 bits per heavy atom. The van der Waals surface area contributed by atoms with Gasteiger partial charge < -0.3 is 4.42 Å². The van der Waals surface area contributed by atoms with E-state index in [1.807, 2.05) is 0 Å². The van der Waals surface area contributed by atoms with E-state index in [2.05, 4.69) is 16.9 Å².